The second-order valence-electron chi connectivity index (χ2n) is 5.89. The highest BCUT2D eigenvalue weighted by molar-refractivity contribution is 6.34. The highest BCUT2D eigenvalue weighted by Crippen LogP contribution is 2.25. The Balaban J connectivity index is 1.59. The third-order valence-corrected chi connectivity index (χ3v) is 4.65. The van der Waals surface area contributed by atoms with E-state index in [4.69, 9.17) is 11.6 Å². The maximum atomic E-state index is 12.4. The molecule has 1 aliphatic heterocycles. The number of likely N-dealkylation sites (tertiary alicyclic amines) is 1. The molecule has 2 aromatic rings. The van der Waals surface area contributed by atoms with Crippen molar-refractivity contribution in [1.29, 1.82) is 0 Å². The van der Waals surface area contributed by atoms with E-state index in [1.807, 2.05) is 30.0 Å². The van der Waals surface area contributed by atoms with E-state index in [2.05, 4.69) is 28.5 Å². The molecule has 0 atom stereocenters. The summed E-state index contributed by atoms with van der Waals surface area (Å²) in [5.74, 6) is 0. The van der Waals surface area contributed by atoms with Crippen LogP contribution >= 0.6 is 11.6 Å². The molecule has 1 aliphatic rings. The van der Waals surface area contributed by atoms with Gasteiger partial charge in [-0.3, -0.25) is 4.98 Å². The van der Waals surface area contributed by atoms with Crippen molar-refractivity contribution in [2.45, 2.75) is 19.8 Å². The number of aryl methyl sites for hydroxylation is 1. The van der Waals surface area contributed by atoms with Crippen LogP contribution < -0.4 is 5.32 Å². The van der Waals surface area contributed by atoms with Gasteiger partial charge < -0.3 is 10.2 Å². The molecule has 0 unspecified atom stereocenters. The first-order chi connectivity index (χ1) is 11.6. The first-order valence-corrected chi connectivity index (χ1v) is 8.43. The van der Waals surface area contributed by atoms with Crippen LogP contribution in [0, 0.1) is 6.92 Å². The summed E-state index contributed by atoms with van der Waals surface area (Å²) in [6, 6.07) is 11.9. The highest BCUT2D eigenvalue weighted by atomic mass is 35.5. The minimum atomic E-state index is -0.110. The lowest BCUT2D eigenvalue weighted by Crippen LogP contribution is -2.39. The second-order valence-corrected chi connectivity index (χ2v) is 6.27. The summed E-state index contributed by atoms with van der Waals surface area (Å²) >= 11 is 6.18. The molecule has 0 bridgehead atoms. The molecule has 1 aromatic carbocycles. The average Bonchev–Trinajstić information content (AvgIpc) is 2.60. The lowest BCUT2D eigenvalue weighted by Gasteiger charge is -2.28. The minimum Gasteiger partial charge on any atom is -0.324 e. The van der Waals surface area contributed by atoms with Crippen LogP contribution in [-0.2, 0) is 0 Å². The third-order valence-electron chi connectivity index (χ3n) is 4.17. The molecule has 0 radical (unpaired) electrons. The highest BCUT2D eigenvalue weighted by Gasteiger charge is 2.20. The molecule has 0 saturated carbocycles. The van der Waals surface area contributed by atoms with E-state index >= 15 is 0 Å². The number of carbonyl (C=O) groups is 1. The molecule has 0 aliphatic carbocycles. The summed E-state index contributed by atoms with van der Waals surface area (Å²) in [4.78, 5) is 18.3. The average molecular weight is 342 g/mol. The Kier molecular flexibility index (Phi) is 5.16. The first kappa shape index (κ1) is 16.5. The number of hydrogen-bond acceptors (Lipinski definition) is 2. The normalized spacial score (nSPS) is 14.4. The van der Waals surface area contributed by atoms with E-state index in [0.29, 0.717) is 29.5 Å². The van der Waals surface area contributed by atoms with Crippen molar-refractivity contribution < 1.29 is 4.79 Å². The Morgan fingerprint density at radius 2 is 1.92 bits per heavy atom. The second kappa shape index (κ2) is 7.49. The molecule has 1 aromatic heterocycles. The van der Waals surface area contributed by atoms with Gasteiger partial charge in [0.15, 0.2) is 0 Å². The summed E-state index contributed by atoms with van der Waals surface area (Å²) < 4.78 is 0. The fraction of sp³-hybridized carbons (Fsp3) is 0.263. The maximum Gasteiger partial charge on any atom is 0.321 e. The first-order valence-electron chi connectivity index (χ1n) is 8.05. The molecule has 2 amide bonds. The number of nitrogens with zero attached hydrogens (tertiary/aromatic N) is 2. The quantitative estimate of drug-likeness (QED) is 0.856. The standard InChI is InChI=1S/C19H20ClN3O/c1-14-18(20)17(7-10-21-14)22-19(24)23-11-8-16(9-12-23)13-15-5-3-2-4-6-15/h2-7,10,13H,8-9,11-12H2,1H3,(H,21,22,24). The van der Waals surface area contributed by atoms with Crippen LogP contribution in [0.15, 0.2) is 48.2 Å². The topological polar surface area (TPSA) is 45.2 Å². The van der Waals surface area contributed by atoms with Crippen LogP contribution in [0.1, 0.15) is 24.1 Å². The molecule has 2 heterocycles. The summed E-state index contributed by atoms with van der Waals surface area (Å²) in [5, 5.41) is 3.37. The molecule has 4 nitrogen and oxygen atoms in total. The predicted molar refractivity (Wildman–Crippen MR) is 98.2 cm³/mol. The minimum absolute atomic E-state index is 0.110. The van der Waals surface area contributed by atoms with Crippen molar-refractivity contribution in [2.75, 3.05) is 18.4 Å². The zero-order valence-electron chi connectivity index (χ0n) is 13.6. The summed E-state index contributed by atoms with van der Waals surface area (Å²) in [6.07, 6.45) is 5.66. The van der Waals surface area contributed by atoms with Crippen LogP contribution in [0.25, 0.3) is 6.08 Å². The zero-order chi connectivity index (χ0) is 16.9. The Bertz CT molecular complexity index is 748. The Morgan fingerprint density at radius 3 is 2.62 bits per heavy atom. The SMILES string of the molecule is Cc1nccc(NC(=O)N2CCC(=Cc3ccccc3)CC2)c1Cl. The van der Waals surface area contributed by atoms with Crippen molar-refractivity contribution >= 4 is 29.4 Å². The lowest BCUT2D eigenvalue weighted by atomic mass is 10.0. The molecule has 124 valence electrons. The van der Waals surface area contributed by atoms with Crippen molar-refractivity contribution in [2.24, 2.45) is 0 Å². The van der Waals surface area contributed by atoms with Gasteiger partial charge in [0, 0.05) is 19.3 Å². The molecule has 24 heavy (non-hydrogen) atoms. The number of urea groups is 1. The number of carbonyl (C=O) groups excluding carboxylic acids is 1. The van der Waals surface area contributed by atoms with E-state index in [9.17, 15) is 4.79 Å². The van der Waals surface area contributed by atoms with Gasteiger partial charge in [0.25, 0.3) is 0 Å². The van der Waals surface area contributed by atoms with Gasteiger partial charge >= 0.3 is 6.03 Å². The molecular formula is C19H20ClN3O. The number of benzene rings is 1. The Hall–Kier alpha value is -2.33. The molecular weight excluding hydrogens is 322 g/mol. The Labute approximate surface area is 147 Å². The number of halogens is 1. The van der Waals surface area contributed by atoms with E-state index < -0.39 is 0 Å². The van der Waals surface area contributed by atoms with E-state index in [0.717, 1.165) is 12.8 Å². The fourth-order valence-electron chi connectivity index (χ4n) is 2.77. The van der Waals surface area contributed by atoms with Gasteiger partial charge in [0.2, 0.25) is 0 Å². The molecule has 0 spiro atoms. The van der Waals surface area contributed by atoms with Gasteiger partial charge in [-0.05, 0) is 31.4 Å². The van der Waals surface area contributed by atoms with Crippen LogP contribution in [-0.4, -0.2) is 29.0 Å². The molecule has 1 fully saturated rings. The van der Waals surface area contributed by atoms with Gasteiger partial charge in [-0.2, -0.15) is 0 Å². The largest absolute Gasteiger partial charge is 0.324 e. The van der Waals surface area contributed by atoms with Crippen molar-refractivity contribution in [3.05, 3.63) is 64.4 Å². The molecule has 3 rings (SSSR count). The molecule has 5 heteroatoms. The van der Waals surface area contributed by atoms with Gasteiger partial charge in [-0.15, -0.1) is 0 Å². The summed E-state index contributed by atoms with van der Waals surface area (Å²) in [7, 11) is 0. The number of pyridine rings is 1. The number of rotatable bonds is 2. The van der Waals surface area contributed by atoms with Crippen LogP contribution in [0.3, 0.4) is 0 Å². The van der Waals surface area contributed by atoms with Gasteiger partial charge in [-0.25, -0.2) is 4.79 Å². The predicted octanol–water partition coefficient (Wildman–Crippen LogP) is 4.75. The van der Waals surface area contributed by atoms with Gasteiger partial charge in [0.1, 0.15) is 0 Å². The number of amides is 2. The van der Waals surface area contributed by atoms with E-state index in [-0.39, 0.29) is 6.03 Å². The van der Waals surface area contributed by atoms with Gasteiger partial charge in [-0.1, -0.05) is 53.6 Å². The monoisotopic (exact) mass is 341 g/mol. The summed E-state index contributed by atoms with van der Waals surface area (Å²) in [5.41, 5.74) is 3.91. The van der Waals surface area contributed by atoms with E-state index in [1.165, 1.54) is 11.1 Å². The van der Waals surface area contributed by atoms with Crippen LogP contribution in [0.4, 0.5) is 10.5 Å². The zero-order valence-corrected chi connectivity index (χ0v) is 14.4. The maximum absolute atomic E-state index is 12.4. The number of aromatic nitrogens is 1. The van der Waals surface area contributed by atoms with Crippen molar-refractivity contribution in [3.8, 4) is 0 Å². The van der Waals surface area contributed by atoms with Crippen molar-refractivity contribution in [3.63, 3.8) is 0 Å². The van der Waals surface area contributed by atoms with Crippen LogP contribution in [0.5, 0.6) is 0 Å². The Morgan fingerprint density at radius 1 is 1.21 bits per heavy atom. The van der Waals surface area contributed by atoms with E-state index in [1.54, 1.807) is 12.3 Å². The smallest absolute Gasteiger partial charge is 0.321 e. The van der Waals surface area contributed by atoms with Crippen molar-refractivity contribution in [1.82, 2.24) is 9.88 Å². The molecule has 1 N–H and O–H groups in total. The number of piperidine rings is 1. The number of anilines is 1. The number of nitrogens with one attached hydrogen (secondary N) is 1. The van der Waals surface area contributed by atoms with Gasteiger partial charge in [0.05, 0.1) is 16.4 Å². The fourth-order valence-corrected chi connectivity index (χ4v) is 2.92. The third kappa shape index (κ3) is 3.95. The van der Waals surface area contributed by atoms with Crippen LogP contribution in [0.2, 0.25) is 5.02 Å². The lowest BCUT2D eigenvalue weighted by molar-refractivity contribution is 0.208. The number of hydrogen-bond donors (Lipinski definition) is 1. The summed E-state index contributed by atoms with van der Waals surface area (Å²) in [6.45, 7) is 3.25. The molecule has 1 saturated heterocycles.